The smallest absolute Gasteiger partial charge is 0.0242 e. The molecule has 1 N–H and O–H groups in total. The van der Waals surface area contributed by atoms with Gasteiger partial charge in [-0.05, 0) is 75.2 Å². The van der Waals surface area contributed by atoms with Crippen molar-refractivity contribution in [2.24, 2.45) is 5.92 Å². The minimum atomic E-state index is 0.855. The quantitative estimate of drug-likeness (QED) is 0.885. The highest BCUT2D eigenvalue weighted by Gasteiger charge is 2.31. The summed E-state index contributed by atoms with van der Waals surface area (Å²) >= 11 is 0. The summed E-state index contributed by atoms with van der Waals surface area (Å²) in [6.45, 7) is 9.39. The number of hydrogen-bond donors (Lipinski definition) is 1. The first-order valence-corrected chi connectivity index (χ1v) is 8.24. The Balaban J connectivity index is 1.68. The second-order valence-corrected chi connectivity index (χ2v) is 6.74. The van der Waals surface area contributed by atoms with Gasteiger partial charge in [0.05, 0.1) is 0 Å². The predicted octanol–water partition coefficient (Wildman–Crippen LogP) is 3.27. The lowest BCUT2D eigenvalue weighted by atomic mass is 9.97. The zero-order chi connectivity index (χ0) is 13.9. The van der Waals surface area contributed by atoms with Gasteiger partial charge < -0.3 is 5.32 Å². The lowest BCUT2D eigenvalue weighted by molar-refractivity contribution is 0.192. The van der Waals surface area contributed by atoms with Gasteiger partial charge in [0.1, 0.15) is 0 Å². The van der Waals surface area contributed by atoms with E-state index < -0.39 is 0 Å². The zero-order valence-electron chi connectivity index (χ0n) is 13.0. The summed E-state index contributed by atoms with van der Waals surface area (Å²) in [5, 5.41) is 3.56. The molecule has 110 valence electrons. The summed E-state index contributed by atoms with van der Waals surface area (Å²) in [6.07, 6.45) is 5.58. The Hall–Kier alpha value is -0.860. The van der Waals surface area contributed by atoms with Crippen molar-refractivity contribution in [2.45, 2.75) is 52.1 Å². The zero-order valence-corrected chi connectivity index (χ0v) is 13.0. The average molecular weight is 272 g/mol. The van der Waals surface area contributed by atoms with E-state index in [1.54, 1.807) is 5.56 Å². The van der Waals surface area contributed by atoms with Crippen LogP contribution in [0.2, 0.25) is 0 Å². The van der Waals surface area contributed by atoms with Gasteiger partial charge in [-0.25, -0.2) is 0 Å². The number of aryl methyl sites for hydroxylation is 2. The van der Waals surface area contributed by atoms with Crippen molar-refractivity contribution in [3.05, 3.63) is 34.9 Å². The Morgan fingerprint density at radius 3 is 2.50 bits per heavy atom. The molecule has 1 aliphatic heterocycles. The Morgan fingerprint density at radius 1 is 1.15 bits per heavy atom. The normalized spacial score (nSPS) is 23.2. The fourth-order valence-corrected chi connectivity index (χ4v) is 3.50. The van der Waals surface area contributed by atoms with Gasteiger partial charge in [-0.3, -0.25) is 4.90 Å². The standard InChI is InChI=1S/C18H28N2/c1-14-5-3-6-15(2)18(14)13-20(17-8-9-17)12-16-7-4-10-19-11-16/h3,5-6,16-17,19H,4,7-13H2,1-2H3. The Bertz CT molecular complexity index is 424. The first-order chi connectivity index (χ1) is 9.74. The van der Waals surface area contributed by atoms with Gasteiger partial charge in [0.15, 0.2) is 0 Å². The first-order valence-electron chi connectivity index (χ1n) is 8.24. The van der Waals surface area contributed by atoms with Gasteiger partial charge in [0.2, 0.25) is 0 Å². The van der Waals surface area contributed by atoms with Crippen molar-refractivity contribution in [1.82, 2.24) is 10.2 Å². The summed E-state index contributed by atoms with van der Waals surface area (Å²) in [7, 11) is 0. The molecular weight excluding hydrogens is 244 g/mol. The maximum Gasteiger partial charge on any atom is 0.0242 e. The van der Waals surface area contributed by atoms with Crippen LogP contribution in [-0.2, 0) is 6.54 Å². The van der Waals surface area contributed by atoms with Gasteiger partial charge in [0.25, 0.3) is 0 Å². The molecule has 1 aromatic rings. The molecule has 1 saturated heterocycles. The van der Waals surface area contributed by atoms with E-state index >= 15 is 0 Å². The van der Waals surface area contributed by atoms with Crippen LogP contribution in [0.1, 0.15) is 42.4 Å². The van der Waals surface area contributed by atoms with Crippen LogP contribution in [0.5, 0.6) is 0 Å². The van der Waals surface area contributed by atoms with Crippen molar-refractivity contribution in [1.29, 1.82) is 0 Å². The average Bonchev–Trinajstić information content (AvgIpc) is 3.27. The van der Waals surface area contributed by atoms with E-state index in [-0.39, 0.29) is 0 Å². The van der Waals surface area contributed by atoms with Gasteiger partial charge >= 0.3 is 0 Å². The maximum absolute atomic E-state index is 3.56. The fraction of sp³-hybridized carbons (Fsp3) is 0.667. The molecule has 2 nitrogen and oxygen atoms in total. The molecule has 1 aliphatic carbocycles. The lowest BCUT2D eigenvalue weighted by Gasteiger charge is -2.31. The minimum absolute atomic E-state index is 0.855. The predicted molar refractivity (Wildman–Crippen MR) is 84.9 cm³/mol. The van der Waals surface area contributed by atoms with Gasteiger partial charge in [-0.15, -0.1) is 0 Å². The molecule has 2 fully saturated rings. The second kappa shape index (κ2) is 6.28. The second-order valence-electron chi connectivity index (χ2n) is 6.74. The van der Waals surface area contributed by atoms with Gasteiger partial charge in [0, 0.05) is 19.1 Å². The molecule has 0 spiro atoms. The third-order valence-corrected chi connectivity index (χ3v) is 4.96. The largest absolute Gasteiger partial charge is 0.316 e. The van der Waals surface area contributed by atoms with Crippen LogP contribution in [0, 0.1) is 19.8 Å². The number of benzene rings is 1. The topological polar surface area (TPSA) is 15.3 Å². The molecule has 3 rings (SSSR count). The van der Waals surface area contributed by atoms with Crippen molar-refractivity contribution in [3.63, 3.8) is 0 Å². The molecule has 0 amide bonds. The minimum Gasteiger partial charge on any atom is -0.316 e. The fourth-order valence-electron chi connectivity index (χ4n) is 3.50. The van der Waals surface area contributed by atoms with E-state index in [0.717, 1.165) is 18.5 Å². The molecule has 1 aromatic carbocycles. The monoisotopic (exact) mass is 272 g/mol. The van der Waals surface area contributed by atoms with Crippen LogP contribution < -0.4 is 5.32 Å². The summed E-state index contributed by atoms with van der Waals surface area (Å²) in [4.78, 5) is 2.76. The van der Waals surface area contributed by atoms with E-state index in [0.29, 0.717) is 0 Å². The first kappa shape index (κ1) is 14.1. The number of rotatable bonds is 5. The van der Waals surface area contributed by atoms with Crippen molar-refractivity contribution in [2.75, 3.05) is 19.6 Å². The Labute approximate surface area is 123 Å². The molecule has 20 heavy (non-hydrogen) atoms. The summed E-state index contributed by atoms with van der Waals surface area (Å²) in [5.74, 6) is 0.855. The third-order valence-electron chi connectivity index (χ3n) is 4.96. The molecular formula is C18H28N2. The van der Waals surface area contributed by atoms with E-state index in [9.17, 15) is 0 Å². The Morgan fingerprint density at radius 2 is 1.90 bits per heavy atom. The van der Waals surface area contributed by atoms with Crippen LogP contribution in [0.3, 0.4) is 0 Å². The molecule has 0 bridgehead atoms. The molecule has 1 saturated carbocycles. The molecule has 2 aliphatic rings. The van der Waals surface area contributed by atoms with Crippen LogP contribution in [0.15, 0.2) is 18.2 Å². The number of piperidine rings is 1. The van der Waals surface area contributed by atoms with Gasteiger partial charge in [-0.2, -0.15) is 0 Å². The van der Waals surface area contributed by atoms with Crippen molar-refractivity contribution >= 4 is 0 Å². The highest BCUT2D eigenvalue weighted by molar-refractivity contribution is 5.33. The highest BCUT2D eigenvalue weighted by Crippen LogP contribution is 2.31. The Kier molecular flexibility index (Phi) is 4.42. The molecule has 1 atom stereocenters. The van der Waals surface area contributed by atoms with Crippen LogP contribution in [0.4, 0.5) is 0 Å². The van der Waals surface area contributed by atoms with E-state index in [2.05, 4.69) is 42.3 Å². The summed E-state index contributed by atoms with van der Waals surface area (Å²) in [6, 6.07) is 7.56. The van der Waals surface area contributed by atoms with Crippen LogP contribution in [-0.4, -0.2) is 30.6 Å². The van der Waals surface area contributed by atoms with E-state index in [1.165, 1.54) is 56.4 Å². The summed E-state index contributed by atoms with van der Waals surface area (Å²) < 4.78 is 0. The third kappa shape index (κ3) is 3.42. The van der Waals surface area contributed by atoms with Crippen LogP contribution >= 0.6 is 0 Å². The molecule has 1 unspecified atom stereocenters. The molecule has 0 aromatic heterocycles. The summed E-state index contributed by atoms with van der Waals surface area (Å²) in [5.41, 5.74) is 4.47. The highest BCUT2D eigenvalue weighted by atomic mass is 15.2. The van der Waals surface area contributed by atoms with Crippen molar-refractivity contribution < 1.29 is 0 Å². The number of nitrogens with one attached hydrogen (secondary N) is 1. The van der Waals surface area contributed by atoms with Crippen molar-refractivity contribution in [3.8, 4) is 0 Å². The maximum atomic E-state index is 3.56. The SMILES string of the molecule is Cc1cccc(C)c1CN(CC1CCCNC1)C1CC1. The molecule has 0 radical (unpaired) electrons. The van der Waals surface area contributed by atoms with Crippen LogP contribution in [0.25, 0.3) is 0 Å². The number of hydrogen-bond acceptors (Lipinski definition) is 2. The van der Waals surface area contributed by atoms with E-state index in [4.69, 9.17) is 0 Å². The molecule has 1 heterocycles. The number of nitrogens with zero attached hydrogens (tertiary/aromatic N) is 1. The lowest BCUT2D eigenvalue weighted by Crippen LogP contribution is -2.39. The van der Waals surface area contributed by atoms with Gasteiger partial charge in [-0.1, -0.05) is 18.2 Å². The van der Waals surface area contributed by atoms with E-state index in [1.807, 2.05) is 0 Å². The molecule has 2 heteroatoms.